The molecule has 3 N–H and O–H groups in total. The molecule has 2 aromatic rings. The van der Waals surface area contributed by atoms with Crippen LogP contribution in [-0.2, 0) is 0 Å². The minimum Gasteiger partial charge on any atom is -0.487 e. The molecule has 0 saturated heterocycles. The summed E-state index contributed by atoms with van der Waals surface area (Å²) in [4.78, 5) is 12.3. The summed E-state index contributed by atoms with van der Waals surface area (Å²) in [7, 11) is 0. The van der Waals surface area contributed by atoms with Crippen molar-refractivity contribution in [2.24, 2.45) is 0 Å². The Hall–Kier alpha value is -2.01. The highest BCUT2D eigenvalue weighted by atomic mass is 32.1. The van der Waals surface area contributed by atoms with Gasteiger partial charge in [-0.25, -0.2) is 0 Å². The number of hydrogen-bond donors (Lipinski definition) is 2. The molecular formula is C16H18N2O2S. The summed E-state index contributed by atoms with van der Waals surface area (Å²) in [5.74, 6) is 0.725. The van der Waals surface area contributed by atoms with Crippen LogP contribution in [0, 0.1) is 0 Å². The maximum Gasteiger partial charge on any atom is 0.252 e. The number of fused-ring (bicyclic) bond motifs is 1. The van der Waals surface area contributed by atoms with Crippen LogP contribution in [0.5, 0.6) is 5.75 Å². The third kappa shape index (κ3) is 2.88. The fourth-order valence-electron chi connectivity index (χ4n) is 2.64. The van der Waals surface area contributed by atoms with Gasteiger partial charge in [0.25, 0.3) is 5.91 Å². The van der Waals surface area contributed by atoms with Crippen molar-refractivity contribution >= 4 is 22.9 Å². The second-order valence-electron chi connectivity index (χ2n) is 5.90. The summed E-state index contributed by atoms with van der Waals surface area (Å²) in [6.07, 6.45) is 0.708. The molecular weight excluding hydrogens is 284 g/mol. The lowest BCUT2D eigenvalue weighted by Gasteiger charge is -2.38. The van der Waals surface area contributed by atoms with Gasteiger partial charge in [-0.05, 0) is 43.5 Å². The van der Waals surface area contributed by atoms with E-state index in [-0.39, 0.29) is 17.6 Å². The predicted octanol–water partition coefficient (Wildman–Crippen LogP) is 3.36. The van der Waals surface area contributed by atoms with Gasteiger partial charge < -0.3 is 15.8 Å². The topological polar surface area (TPSA) is 64.4 Å². The molecule has 1 aliphatic heterocycles. The molecule has 21 heavy (non-hydrogen) atoms. The van der Waals surface area contributed by atoms with Crippen LogP contribution < -0.4 is 15.8 Å². The maximum absolute atomic E-state index is 12.3. The average Bonchev–Trinajstić information content (AvgIpc) is 2.93. The first-order chi connectivity index (χ1) is 9.94. The van der Waals surface area contributed by atoms with E-state index < -0.39 is 0 Å². The van der Waals surface area contributed by atoms with Gasteiger partial charge in [0, 0.05) is 23.1 Å². The summed E-state index contributed by atoms with van der Waals surface area (Å²) in [5, 5.41) is 6.84. The lowest BCUT2D eigenvalue weighted by Crippen LogP contribution is -2.41. The zero-order chi connectivity index (χ0) is 15.0. The van der Waals surface area contributed by atoms with E-state index in [0.29, 0.717) is 17.7 Å². The number of nitrogen functional groups attached to an aromatic ring is 1. The molecule has 1 unspecified atom stereocenters. The van der Waals surface area contributed by atoms with E-state index in [1.165, 1.54) is 11.3 Å². The zero-order valence-electron chi connectivity index (χ0n) is 12.1. The van der Waals surface area contributed by atoms with Crippen molar-refractivity contribution in [3.63, 3.8) is 0 Å². The third-order valence-corrected chi connectivity index (χ3v) is 4.26. The van der Waals surface area contributed by atoms with Crippen molar-refractivity contribution < 1.29 is 9.53 Å². The highest BCUT2D eigenvalue weighted by molar-refractivity contribution is 7.08. The van der Waals surface area contributed by atoms with E-state index in [1.54, 1.807) is 0 Å². The van der Waals surface area contributed by atoms with Crippen LogP contribution >= 0.6 is 11.3 Å². The Morgan fingerprint density at radius 3 is 2.95 bits per heavy atom. The molecule has 1 amide bonds. The van der Waals surface area contributed by atoms with E-state index in [1.807, 2.05) is 48.9 Å². The molecule has 4 nitrogen and oxygen atoms in total. The zero-order valence-corrected chi connectivity index (χ0v) is 12.9. The smallest absolute Gasteiger partial charge is 0.252 e. The number of rotatable bonds is 2. The van der Waals surface area contributed by atoms with E-state index in [4.69, 9.17) is 10.5 Å². The summed E-state index contributed by atoms with van der Waals surface area (Å²) in [6.45, 7) is 4.05. The Kier molecular flexibility index (Phi) is 3.37. The van der Waals surface area contributed by atoms with E-state index in [9.17, 15) is 4.79 Å². The Bertz CT molecular complexity index is 665. The number of ether oxygens (including phenoxy) is 1. The summed E-state index contributed by atoms with van der Waals surface area (Å²) in [6, 6.07) is 7.29. The van der Waals surface area contributed by atoms with Crippen LogP contribution in [0.15, 0.2) is 35.0 Å². The maximum atomic E-state index is 12.3. The number of nitrogens with one attached hydrogen (secondary N) is 1. The van der Waals surface area contributed by atoms with Crippen LogP contribution in [0.4, 0.5) is 5.69 Å². The molecule has 3 rings (SSSR count). The number of anilines is 1. The highest BCUT2D eigenvalue weighted by Gasteiger charge is 2.34. The Morgan fingerprint density at radius 1 is 1.43 bits per heavy atom. The summed E-state index contributed by atoms with van der Waals surface area (Å²) < 4.78 is 5.97. The fraction of sp³-hybridized carbons (Fsp3) is 0.312. The van der Waals surface area contributed by atoms with E-state index in [2.05, 4.69) is 5.32 Å². The van der Waals surface area contributed by atoms with Gasteiger partial charge in [0.05, 0.1) is 11.6 Å². The van der Waals surface area contributed by atoms with Gasteiger partial charge in [-0.1, -0.05) is 0 Å². The van der Waals surface area contributed by atoms with Crippen molar-refractivity contribution in [2.75, 3.05) is 5.73 Å². The van der Waals surface area contributed by atoms with Crippen LogP contribution in [0.3, 0.4) is 0 Å². The van der Waals surface area contributed by atoms with Crippen molar-refractivity contribution in [1.29, 1.82) is 0 Å². The highest BCUT2D eigenvalue weighted by Crippen LogP contribution is 2.40. The number of thiophene rings is 1. The Balaban J connectivity index is 1.91. The summed E-state index contributed by atoms with van der Waals surface area (Å²) in [5.41, 5.74) is 7.85. The van der Waals surface area contributed by atoms with Crippen molar-refractivity contribution in [1.82, 2.24) is 5.32 Å². The monoisotopic (exact) mass is 302 g/mol. The van der Waals surface area contributed by atoms with Crippen LogP contribution in [-0.4, -0.2) is 11.5 Å². The lowest BCUT2D eigenvalue weighted by atomic mass is 9.89. The van der Waals surface area contributed by atoms with Crippen LogP contribution in [0.25, 0.3) is 0 Å². The fourth-order valence-corrected chi connectivity index (χ4v) is 3.27. The van der Waals surface area contributed by atoms with E-state index in [0.717, 1.165) is 11.3 Å². The standard InChI is InChI=1S/C16H18N2O2S/c1-16(2)8-13(18-15(19)10-5-6-21-9-10)12-7-11(17)3-4-14(12)20-16/h3-7,9,13H,8,17H2,1-2H3,(H,18,19). The molecule has 0 radical (unpaired) electrons. The minimum absolute atomic E-state index is 0.0627. The van der Waals surface area contributed by atoms with Crippen molar-refractivity contribution in [3.8, 4) is 5.75 Å². The van der Waals surface area contributed by atoms with Crippen LogP contribution in [0.1, 0.15) is 42.2 Å². The van der Waals surface area contributed by atoms with Crippen molar-refractivity contribution in [3.05, 3.63) is 46.2 Å². The molecule has 0 bridgehead atoms. The quantitative estimate of drug-likeness (QED) is 0.836. The minimum atomic E-state index is -0.324. The molecule has 2 heterocycles. The van der Waals surface area contributed by atoms with Gasteiger partial charge >= 0.3 is 0 Å². The molecule has 5 heteroatoms. The normalized spacial score (nSPS) is 19.4. The van der Waals surface area contributed by atoms with Gasteiger partial charge in [-0.2, -0.15) is 11.3 Å². The first-order valence-corrected chi connectivity index (χ1v) is 7.80. The molecule has 0 fully saturated rings. The number of carbonyl (C=O) groups is 1. The van der Waals surface area contributed by atoms with Gasteiger partial charge in [0.2, 0.25) is 0 Å². The van der Waals surface area contributed by atoms with Gasteiger partial charge in [0.15, 0.2) is 0 Å². The molecule has 1 atom stereocenters. The lowest BCUT2D eigenvalue weighted by molar-refractivity contribution is 0.0620. The first kappa shape index (κ1) is 13.9. The van der Waals surface area contributed by atoms with Crippen LogP contribution in [0.2, 0.25) is 0 Å². The second-order valence-corrected chi connectivity index (χ2v) is 6.68. The molecule has 0 spiro atoms. The number of amides is 1. The Morgan fingerprint density at radius 2 is 2.24 bits per heavy atom. The number of benzene rings is 1. The van der Waals surface area contributed by atoms with Crippen molar-refractivity contribution in [2.45, 2.75) is 31.9 Å². The molecule has 110 valence electrons. The number of carbonyl (C=O) groups excluding carboxylic acids is 1. The number of hydrogen-bond acceptors (Lipinski definition) is 4. The largest absolute Gasteiger partial charge is 0.487 e. The second kappa shape index (κ2) is 5.07. The molecule has 0 saturated carbocycles. The predicted molar refractivity (Wildman–Crippen MR) is 84.7 cm³/mol. The molecule has 0 aliphatic carbocycles. The summed E-state index contributed by atoms with van der Waals surface area (Å²) >= 11 is 1.51. The average molecular weight is 302 g/mol. The molecule has 1 aliphatic rings. The van der Waals surface area contributed by atoms with Gasteiger partial charge in [-0.3, -0.25) is 4.79 Å². The van der Waals surface area contributed by atoms with Gasteiger partial charge in [0.1, 0.15) is 11.4 Å². The third-order valence-electron chi connectivity index (χ3n) is 3.58. The Labute approximate surface area is 127 Å². The molecule has 1 aromatic carbocycles. The number of nitrogens with two attached hydrogens (primary N) is 1. The SMILES string of the molecule is CC1(C)CC(NC(=O)c2ccsc2)c2cc(N)ccc2O1. The molecule has 1 aromatic heterocycles. The first-order valence-electron chi connectivity index (χ1n) is 6.86. The van der Waals surface area contributed by atoms with E-state index >= 15 is 0 Å². The van der Waals surface area contributed by atoms with Gasteiger partial charge in [-0.15, -0.1) is 0 Å².